The van der Waals surface area contributed by atoms with Crippen LogP contribution in [-0.4, -0.2) is 55.1 Å². The molecule has 1 aliphatic carbocycles. The van der Waals surface area contributed by atoms with Gasteiger partial charge in [-0.25, -0.2) is 14.6 Å². The van der Waals surface area contributed by atoms with Gasteiger partial charge in [0.1, 0.15) is 23.7 Å². The van der Waals surface area contributed by atoms with E-state index in [0.29, 0.717) is 17.9 Å². The molecule has 4 heterocycles. The predicted molar refractivity (Wildman–Crippen MR) is 110 cm³/mol. The number of halogens is 3. The van der Waals surface area contributed by atoms with Crippen LogP contribution < -0.4 is 10.1 Å². The number of pyridine rings is 1. The first-order valence-electron chi connectivity index (χ1n) is 10.7. The summed E-state index contributed by atoms with van der Waals surface area (Å²) in [5, 5.41) is 7.75. The minimum atomic E-state index is -4.60. The molecule has 1 saturated carbocycles. The van der Waals surface area contributed by atoms with E-state index in [1.807, 2.05) is 22.9 Å². The summed E-state index contributed by atoms with van der Waals surface area (Å²) in [4.78, 5) is 16.6. The third-order valence-electron chi connectivity index (χ3n) is 5.70. The largest absolute Gasteiger partial charge is 0.469 e. The van der Waals surface area contributed by atoms with Gasteiger partial charge in [-0.3, -0.25) is 4.98 Å². The first-order valence-corrected chi connectivity index (χ1v) is 10.7. The van der Waals surface area contributed by atoms with Crippen molar-refractivity contribution in [3.8, 4) is 17.4 Å². The molecule has 1 aliphatic heterocycles. The zero-order valence-corrected chi connectivity index (χ0v) is 17.6. The molecule has 0 spiro atoms. The molecule has 5 rings (SSSR count). The van der Waals surface area contributed by atoms with Gasteiger partial charge in [-0.2, -0.15) is 18.2 Å². The summed E-state index contributed by atoms with van der Waals surface area (Å²) in [5.41, 5.74) is -0.296. The van der Waals surface area contributed by atoms with Gasteiger partial charge in [-0.05, 0) is 37.8 Å². The Morgan fingerprint density at radius 1 is 1.12 bits per heavy atom. The highest BCUT2D eigenvalue weighted by Gasteiger charge is 2.38. The van der Waals surface area contributed by atoms with E-state index < -0.39 is 23.7 Å². The van der Waals surface area contributed by atoms with Crippen LogP contribution in [0.25, 0.3) is 11.5 Å². The molecule has 2 fully saturated rings. The highest BCUT2D eigenvalue weighted by atomic mass is 19.4. The fourth-order valence-corrected chi connectivity index (χ4v) is 3.94. The van der Waals surface area contributed by atoms with Crippen molar-refractivity contribution in [3.63, 3.8) is 0 Å². The molecule has 2 aliphatic rings. The number of ether oxygens (including phenoxy) is 2. The molecule has 0 bridgehead atoms. The number of nitrogens with one attached hydrogen (secondary N) is 1. The van der Waals surface area contributed by atoms with E-state index in [4.69, 9.17) is 9.47 Å². The second kappa shape index (κ2) is 8.93. The summed E-state index contributed by atoms with van der Waals surface area (Å²) in [6.07, 6.45) is 2.51. The molecule has 9 nitrogen and oxygen atoms in total. The van der Waals surface area contributed by atoms with E-state index in [0.717, 1.165) is 25.5 Å². The smallest absolute Gasteiger partial charge is 0.423 e. The Labute approximate surface area is 187 Å². The van der Waals surface area contributed by atoms with Crippen LogP contribution in [-0.2, 0) is 10.9 Å². The average molecular weight is 461 g/mol. The number of hydrogen-bond acceptors (Lipinski definition) is 8. The first kappa shape index (κ1) is 21.6. The van der Waals surface area contributed by atoms with E-state index >= 15 is 0 Å². The van der Waals surface area contributed by atoms with Crippen LogP contribution in [0.5, 0.6) is 5.88 Å². The van der Waals surface area contributed by atoms with Crippen LogP contribution in [0.2, 0.25) is 0 Å². The van der Waals surface area contributed by atoms with Gasteiger partial charge in [0.25, 0.3) is 0 Å². The molecule has 0 amide bonds. The summed E-state index contributed by atoms with van der Waals surface area (Å²) in [7, 11) is 0. The molecular weight excluding hydrogens is 439 g/mol. The van der Waals surface area contributed by atoms with Gasteiger partial charge in [-0.15, -0.1) is 5.10 Å². The molecular formula is C21H22F3N7O2. The summed E-state index contributed by atoms with van der Waals surface area (Å²) >= 11 is 0. The summed E-state index contributed by atoms with van der Waals surface area (Å²) in [6, 6.07) is 5.63. The number of alkyl halides is 3. The lowest BCUT2D eigenvalue weighted by atomic mass is 9.91. The quantitative estimate of drug-likeness (QED) is 0.595. The highest BCUT2D eigenvalue weighted by Crippen LogP contribution is 2.36. The Balaban J connectivity index is 1.28. The van der Waals surface area contributed by atoms with Crippen molar-refractivity contribution in [2.24, 2.45) is 0 Å². The standard InChI is InChI=1S/C21H22F3N7O2/c22-21(23,24)16-9-26-20(29-19(16)33-15-10-32-11-15)28-13-4-3-5-14(8-13)31-12-27-18(30-31)17-6-1-2-7-25-17/h1-2,6-7,9,12-15H,3-5,8,10-11H2,(H,26,28,29)/t13-,14+/m1/s1. The van der Waals surface area contributed by atoms with Crippen LogP contribution in [0.15, 0.2) is 36.9 Å². The minimum Gasteiger partial charge on any atom is -0.469 e. The number of anilines is 1. The van der Waals surface area contributed by atoms with Crippen LogP contribution in [0.4, 0.5) is 19.1 Å². The molecule has 1 N–H and O–H groups in total. The van der Waals surface area contributed by atoms with Crippen LogP contribution in [0, 0.1) is 0 Å². The van der Waals surface area contributed by atoms with Crippen molar-refractivity contribution < 1.29 is 22.6 Å². The Hall–Kier alpha value is -3.28. The molecule has 1 saturated heterocycles. The highest BCUT2D eigenvalue weighted by molar-refractivity contribution is 5.47. The van der Waals surface area contributed by atoms with E-state index in [1.165, 1.54) is 0 Å². The lowest BCUT2D eigenvalue weighted by Gasteiger charge is -2.30. The van der Waals surface area contributed by atoms with Gasteiger partial charge in [0.2, 0.25) is 11.8 Å². The SMILES string of the molecule is FC(F)(F)c1cnc(N[C@@H]2CCC[C@H](n3cnc(-c4ccccn4)n3)C2)nc1OC1COC1. The maximum absolute atomic E-state index is 13.3. The Morgan fingerprint density at radius 2 is 2.00 bits per heavy atom. The van der Waals surface area contributed by atoms with Crippen molar-refractivity contribution in [1.82, 2.24) is 29.7 Å². The summed E-state index contributed by atoms with van der Waals surface area (Å²) in [6.45, 7) is 0.486. The molecule has 12 heteroatoms. The molecule has 3 aromatic rings. The topological polar surface area (TPSA) is 99.9 Å². The predicted octanol–water partition coefficient (Wildman–Crippen LogP) is 3.52. The Morgan fingerprint density at radius 3 is 2.73 bits per heavy atom. The number of rotatable bonds is 6. The van der Waals surface area contributed by atoms with E-state index in [2.05, 4.69) is 30.4 Å². The monoisotopic (exact) mass is 461 g/mol. The molecule has 174 valence electrons. The van der Waals surface area contributed by atoms with E-state index in [-0.39, 0.29) is 31.2 Å². The van der Waals surface area contributed by atoms with Crippen LogP contribution >= 0.6 is 0 Å². The maximum Gasteiger partial charge on any atom is 0.423 e. The van der Waals surface area contributed by atoms with E-state index in [1.54, 1.807) is 12.5 Å². The van der Waals surface area contributed by atoms with Gasteiger partial charge in [0.05, 0.1) is 19.3 Å². The molecule has 33 heavy (non-hydrogen) atoms. The average Bonchev–Trinajstić information content (AvgIpc) is 3.27. The number of nitrogens with zero attached hydrogens (tertiary/aromatic N) is 6. The third kappa shape index (κ3) is 4.90. The zero-order valence-electron chi connectivity index (χ0n) is 17.6. The third-order valence-corrected chi connectivity index (χ3v) is 5.70. The molecule has 0 unspecified atom stereocenters. The van der Waals surface area contributed by atoms with E-state index in [9.17, 15) is 13.2 Å². The van der Waals surface area contributed by atoms with Crippen LogP contribution in [0.3, 0.4) is 0 Å². The normalized spacial score (nSPS) is 21.4. The van der Waals surface area contributed by atoms with Crippen molar-refractivity contribution >= 4 is 5.95 Å². The number of hydrogen-bond donors (Lipinski definition) is 1. The molecule has 0 aromatic carbocycles. The molecule has 0 radical (unpaired) electrons. The summed E-state index contributed by atoms with van der Waals surface area (Å²) in [5.74, 6) is 0.187. The molecule has 2 atom stereocenters. The van der Waals surface area contributed by atoms with Crippen LogP contribution in [0.1, 0.15) is 37.3 Å². The summed E-state index contributed by atoms with van der Waals surface area (Å²) < 4.78 is 52.3. The second-order valence-electron chi connectivity index (χ2n) is 8.11. The fraction of sp³-hybridized carbons (Fsp3) is 0.476. The van der Waals surface area contributed by atoms with Gasteiger partial charge in [0.15, 0.2) is 5.82 Å². The lowest BCUT2D eigenvalue weighted by Crippen LogP contribution is -2.39. The van der Waals surface area contributed by atoms with Gasteiger partial charge in [0, 0.05) is 18.4 Å². The Bertz CT molecular complexity index is 1090. The maximum atomic E-state index is 13.3. The second-order valence-corrected chi connectivity index (χ2v) is 8.11. The van der Waals surface area contributed by atoms with Crippen molar-refractivity contribution in [3.05, 3.63) is 42.5 Å². The lowest BCUT2D eigenvalue weighted by molar-refractivity contribution is -0.142. The fourth-order valence-electron chi connectivity index (χ4n) is 3.94. The van der Waals surface area contributed by atoms with Crippen molar-refractivity contribution in [2.45, 2.75) is 50.0 Å². The number of aromatic nitrogens is 6. The van der Waals surface area contributed by atoms with Gasteiger partial charge < -0.3 is 14.8 Å². The van der Waals surface area contributed by atoms with Crippen molar-refractivity contribution in [2.75, 3.05) is 18.5 Å². The van der Waals surface area contributed by atoms with Gasteiger partial charge >= 0.3 is 6.18 Å². The Kier molecular flexibility index (Phi) is 5.83. The van der Waals surface area contributed by atoms with Gasteiger partial charge in [-0.1, -0.05) is 6.07 Å². The first-order chi connectivity index (χ1) is 16.0. The molecule has 3 aromatic heterocycles. The van der Waals surface area contributed by atoms with Crippen molar-refractivity contribution in [1.29, 1.82) is 0 Å². The zero-order chi connectivity index (χ0) is 22.8. The minimum absolute atomic E-state index is 0.0251.